The fraction of sp³-hybridized carbons (Fsp3) is 0.474. The van der Waals surface area contributed by atoms with Crippen LogP contribution in [-0.2, 0) is 0 Å². The molecule has 2 N–H and O–H groups in total. The Balaban J connectivity index is 1.32. The van der Waals surface area contributed by atoms with Crippen LogP contribution in [0, 0.1) is 0 Å². The van der Waals surface area contributed by atoms with Crippen LogP contribution in [0.4, 0.5) is 5.69 Å². The van der Waals surface area contributed by atoms with Crippen LogP contribution in [0.15, 0.2) is 24.3 Å². The Labute approximate surface area is 162 Å². The molecule has 1 aliphatic carbocycles. The zero-order valence-electron chi connectivity index (χ0n) is 15.1. The van der Waals surface area contributed by atoms with Crippen LogP contribution in [0.5, 0.6) is 0 Å². The topological polar surface area (TPSA) is 87.2 Å². The second kappa shape index (κ2) is 8.14. The largest absolute Gasteiger partial charge is 0.351 e. The van der Waals surface area contributed by atoms with E-state index in [4.69, 9.17) is 0 Å². The first-order valence-electron chi connectivity index (χ1n) is 9.44. The molecule has 2 fully saturated rings. The van der Waals surface area contributed by atoms with Crippen molar-refractivity contribution in [3.8, 4) is 0 Å². The number of likely N-dealkylation sites (tertiary alicyclic amines) is 1. The Kier molecular flexibility index (Phi) is 5.45. The van der Waals surface area contributed by atoms with E-state index in [-0.39, 0.29) is 11.8 Å². The molecule has 0 unspecified atom stereocenters. The molecule has 0 spiro atoms. The molecule has 2 heterocycles. The molecule has 142 valence electrons. The van der Waals surface area contributed by atoms with Crippen molar-refractivity contribution in [1.29, 1.82) is 0 Å². The van der Waals surface area contributed by atoms with Crippen molar-refractivity contribution < 1.29 is 9.59 Å². The lowest BCUT2D eigenvalue weighted by atomic mass is 10.2. The third-order valence-corrected chi connectivity index (χ3v) is 5.94. The van der Waals surface area contributed by atoms with Crippen LogP contribution >= 0.6 is 11.3 Å². The van der Waals surface area contributed by atoms with Gasteiger partial charge in [-0.15, -0.1) is 10.2 Å². The fourth-order valence-corrected chi connectivity index (χ4v) is 4.09. The highest BCUT2D eigenvalue weighted by Crippen LogP contribution is 2.41. The van der Waals surface area contributed by atoms with Crippen LogP contribution in [0.1, 0.15) is 56.8 Å². The normalized spacial score (nSPS) is 17.0. The average molecular weight is 385 g/mol. The minimum atomic E-state index is -0.286. The minimum absolute atomic E-state index is 0.128. The highest BCUT2D eigenvalue weighted by atomic mass is 32.1. The Hall–Kier alpha value is -2.32. The lowest BCUT2D eigenvalue weighted by Crippen LogP contribution is -2.33. The molecule has 1 aromatic carbocycles. The molecule has 2 amide bonds. The molecular formula is C19H23N5O2S. The van der Waals surface area contributed by atoms with Crippen molar-refractivity contribution in [3.63, 3.8) is 0 Å². The SMILES string of the molecule is O=C(NCCN1CCCC1)c1cccc(NC(=O)c2nnc(C3CC3)s2)c1. The summed E-state index contributed by atoms with van der Waals surface area (Å²) in [5.74, 6) is 0.0693. The van der Waals surface area contributed by atoms with Crippen molar-refractivity contribution in [2.75, 3.05) is 31.5 Å². The van der Waals surface area contributed by atoms with E-state index in [0.717, 1.165) is 37.5 Å². The van der Waals surface area contributed by atoms with Crippen molar-refractivity contribution >= 4 is 28.8 Å². The summed E-state index contributed by atoms with van der Waals surface area (Å²) in [7, 11) is 0. The maximum Gasteiger partial charge on any atom is 0.286 e. The molecular weight excluding hydrogens is 362 g/mol. The number of carbonyl (C=O) groups excluding carboxylic acids is 2. The van der Waals surface area contributed by atoms with E-state index in [2.05, 4.69) is 25.7 Å². The molecule has 27 heavy (non-hydrogen) atoms. The molecule has 1 saturated carbocycles. The molecule has 8 heteroatoms. The summed E-state index contributed by atoms with van der Waals surface area (Å²) in [4.78, 5) is 27.1. The lowest BCUT2D eigenvalue weighted by Gasteiger charge is -2.14. The van der Waals surface area contributed by atoms with Gasteiger partial charge in [0.05, 0.1) is 0 Å². The maximum absolute atomic E-state index is 12.4. The zero-order chi connectivity index (χ0) is 18.6. The number of nitrogens with zero attached hydrogens (tertiary/aromatic N) is 3. The third kappa shape index (κ3) is 4.70. The second-order valence-electron chi connectivity index (χ2n) is 7.06. The highest BCUT2D eigenvalue weighted by molar-refractivity contribution is 7.13. The summed E-state index contributed by atoms with van der Waals surface area (Å²) >= 11 is 1.35. The molecule has 2 aromatic rings. The number of rotatable bonds is 7. The number of carbonyl (C=O) groups is 2. The molecule has 1 aromatic heterocycles. The summed E-state index contributed by atoms with van der Waals surface area (Å²) in [5.41, 5.74) is 1.11. The van der Waals surface area contributed by atoms with E-state index in [1.54, 1.807) is 24.3 Å². The van der Waals surface area contributed by atoms with Crippen LogP contribution in [0.25, 0.3) is 0 Å². The molecule has 4 rings (SSSR count). The van der Waals surface area contributed by atoms with Gasteiger partial charge in [-0.05, 0) is 57.0 Å². The lowest BCUT2D eigenvalue weighted by molar-refractivity contribution is 0.0948. The standard InChI is InChI=1S/C19H23N5O2S/c25-16(20-8-11-24-9-1-2-10-24)14-4-3-5-15(12-14)21-17(26)19-23-22-18(27-19)13-6-7-13/h3-5,12-13H,1-2,6-11H2,(H,20,25)(H,21,26). The van der Waals surface area contributed by atoms with Gasteiger partial charge in [-0.2, -0.15) is 0 Å². The fourth-order valence-electron chi connectivity index (χ4n) is 3.18. The number of hydrogen-bond acceptors (Lipinski definition) is 6. The van der Waals surface area contributed by atoms with E-state index < -0.39 is 0 Å². The molecule has 1 saturated heterocycles. The maximum atomic E-state index is 12.4. The Morgan fingerprint density at radius 1 is 1.15 bits per heavy atom. The van der Waals surface area contributed by atoms with Crippen molar-refractivity contribution in [3.05, 3.63) is 39.8 Å². The molecule has 1 aliphatic heterocycles. The van der Waals surface area contributed by atoms with Gasteiger partial charge >= 0.3 is 0 Å². The van der Waals surface area contributed by atoms with Crippen molar-refractivity contribution in [1.82, 2.24) is 20.4 Å². The predicted octanol–water partition coefficient (Wildman–Crippen LogP) is 2.49. The van der Waals surface area contributed by atoms with Gasteiger partial charge in [0, 0.05) is 30.3 Å². The van der Waals surface area contributed by atoms with Gasteiger partial charge in [0.25, 0.3) is 11.8 Å². The molecule has 0 bridgehead atoms. The first-order chi connectivity index (χ1) is 13.2. The predicted molar refractivity (Wildman–Crippen MR) is 104 cm³/mol. The number of aromatic nitrogens is 2. The quantitative estimate of drug-likeness (QED) is 0.765. The summed E-state index contributed by atoms with van der Waals surface area (Å²) in [6.45, 7) is 3.74. The summed E-state index contributed by atoms with van der Waals surface area (Å²) in [6.07, 6.45) is 4.75. The third-order valence-electron chi connectivity index (χ3n) is 4.86. The smallest absolute Gasteiger partial charge is 0.286 e. The van der Waals surface area contributed by atoms with Gasteiger partial charge in [-0.1, -0.05) is 17.4 Å². The van der Waals surface area contributed by atoms with Crippen LogP contribution in [-0.4, -0.2) is 53.1 Å². The molecule has 7 nitrogen and oxygen atoms in total. The van der Waals surface area contributed by atoms with Crippen molar-refractivity contribution in [2.24, 2.45) is 0 Å². The van der Waals surface area contributed by atoms with E-state index >= 15 is 0 Å². The monoisotopic (exact) mass is 385 g/mol. The van der Waals surface area contributed by atoms with Gasteiger partial charge < -0.3 is 15.5 Å². The zero-order valence-corrected chi connectivity index (χ0v) is 15.9. The van der Waals surface area contributed by atoms with Gasteiger partial charge in [-0.3, -0.25) is 9.59 Å². The van der Waals surface area contributed by atoms with Gasteiger partial charge in [0.2, 0.25) is 5.01 Å². The van der Waals surface area contributed by atoms with E-state index in [1.165, 1.54) is 24.2 Å². The van der Waals surface area contributed by atoms with Gasteiger partial charge in [0.1, 0.15) is 5.01 Å². The van der Waals surface area contributed by atoms with Gasteiger partial charge in [0.15, 0.2) is 0 Å². The Morgan fingerprint density at radius 3 is 2.74 bits per heavy atom. The Morgan fingerprint density at radius 2 is 1.96 bits per heavy atom. The van der Waals surface area contributed by atoms with E-state index in [0.29, 0.717) is 28.7 Å². The first kappa shape index (κ1) is 18.1. The summed E-state index contributed by atoms with van der Waals surface area (Å²) in [5, 5.41) is 15.1. The second-order valence-corrected chi connectivity index (χ2v) is 8.07. The van der Waals surface area contributed by atoms with Crippen LogP contribution < -0.4 is 10.6 Å². The molecule has 0 radical (unpaired) electrons. The van der Waals surface area contributed by atoms with Crippen molar-refractivity contribution in [2.45, 2.75) is 31.6 Å². The van der Waals surface area contributed by atoms with Gasteiger partial charge in [-0.25, -0.2) is 0 Å². The first-order valence-corrected chi connectivity index (χ1v) is 10.3. The van der Waals surface area contributed by atoms with Crippen LogP contribution in [0.2, 0.25) is 0 Å². The summed E-state index contributed by atoms with van der Waals surface area (Å²) in [6, 6.07) is 6.96. The summed E-state index contributed by atoms with van der Waals surface area (Å²) < 4.78 is 0. The molecule has 2 aliphatic rings. The number of amides is 2. The number of hydrogen-bond donors (Lipinski definition) is 2. The highest BCUT2D eigenvalue weighted by Gasteiger charge is 2.28. The van der Waals surface area contributed by atoms with Crippen LogP contribution in [0.3, 0.4) is 0 Å². The van der Waals surface area contributed by atoms with E-state index in [9.17, 15) is 9.59 Å². The number of benzene rings is 1. The average Bonchev–Trinajstić information content (AvgIpc) is 3.18. The Bertz CT molecular complexity index is 827. The number of anilines is 1. The minimum Gasteiger partial charge on any atom is -0.351 e. The molecule has 0 atom stereocenters. The van der Waals surface area contributed by atoms with E-state index in [1.807, 2.05) is 0 Å². The number of nitrogens with one attached hydrogen (secondary N) is 2.